The largest absolute Gasteiger partial charge is 0.497 e. The molecular weight excluding hydrogens is 467 g/mol. The summed E-state index contributed by atoms with van der Waals surface area (Å²) in [6.45, 7) is 0. The summed E-state index contributed by atoms with van der Waals surface area (Å²) < 4.78 is 10.4. The number of carbonyl (C=O) groups excluding carboxylic acids is 3. The van der Waals surface area contributed by atoms with Crippen LogP contribution in [0.2, 0.25) is 5.02 Å². The molecule has 0 spiro atoms. The smallest absolute Gasteiger partial charge is 0.343 e. The maximum atomic E-state index is 12.9. The number of nitrogens with zero attached hydrogens (tertiary/aromatic N) is 1. The molecule has 0 atom stereocenters. The van der Waals surface area contributed by atoms with E-state index in [-0.39, 0.29) is 16.3 Å². The van der Waals surface area contributed by atoms with Crippen LogP contribution in [0.3, 0.4) is 0 Å². The van der Waals surface area contributed by atoms with Crippen molar-refractivity contribution in [2.75, 3.05) is 17.3 Å². The molecule has 1 aliphatic heterocycles. The molecule has 0 aromatic heterocycles. The first kappa shape index (κ1) is 22.4. The number of ether oxygens (including phenoxy) is 2. The van der Waals surface area contributed by atoms with Gasteiger partial charge in [-0.2, -0.15) is 0 Å². The van der Waals surface area contributed by atoms with Gasteiger partial charge in [0.2, 0.25) is 0 Å². The van der Waals surface area contributed by atoms with Crippen LogP contribution in [0.5, 0.6) is 11.5 Å². The van der Waals surface area contributed by atoms with E-state index in [4.69, 9.17) is 32.7 Å². The van der Waals surface area contributed by atoms with Crippen molar-refractivity contribution in [1.82, 2.24) is 0 Å². The van der Waals surface area contributed by atoms with Gasteiger partial charge in [0.25, 0.3) is 11.8 Å². The first-order valence-electron chi connectivity index (χ1n) is 9.65. The van der Waals surface area contributed by atoms with Crippen LogP contribution in [-0.4, -0.2) is 24.9 Å². The summed E-state index contributed by atoms with van der Waals surface area (Å²) in [6.07, 6.45) is 0. The van der Waals surface area contributed by atoms with Gasteiger partial charge in [-0.05, 0) is 66.7 Å². The van der Waals surface area contributed by atoms with E-state index < -0.39 is 17.8 Å². The molecule has 0 bridgehead atoms. The van der Waals surface area contributed by atoms with E-state index in [2.05, 4.69) is 5.32 Å². The quantitative estimate of drug-likeness (QED) is 0.302. The fourth-order valence-corrected chi connectivity index (χ4v) is 3.50. The predicted octanol–water partition coefficient (Wildman–Crippen LogP) is 5.00. The molecule has 166 valence electrons. The van der Waals surface area contributed by atoms with Crippen molar-refractivity contribution in [1.29, 1.82) is 0 Å². The molecule has 33 heavy (non-hydrogen) atoms. The number of methoxy groups -OCH3 is 1. The predicted molar refractivity (Wildman–Crippen MR) is 125 cm³/mol. The van der Waals surface area contributed by atoms with Crippen LogP contribution < -0.4 is 19.7 Å². The van der Waals surface area contributed by atoms with E-state index in [0.717, 1.165) is 4.90 Å². The molecule has 0 radical (unpaired) electrons. The normalized spacial score (nSPS) is 13.4. The molecule has 1 N–H and O–H groups in total. The van der Waals surface area contributed by atoms with E-state index in [0.29, 0.717) is 27.9 Å². The van der Waals surface area contributed by atoms with Gasteiger partial charge < -0.3 is 14.8 Å². The van der Waals surface area contributed by atoms with Crippen molar-refractivity contribution < 1.29 is 23.9 Å². The molecule has 0 unspecified atom stereocenters. The molecule has 9 heteroatoms. The minimum atomic E-state index is -0.643. The molecule has 2 amide bonds. The number of esters is 1. The van der Waals surface area contributed by atoms with Gasteiger partial charge in [-0.25, -0.2) is 9.69 Å². The molecule has 1 heterocycles. The highest BCUT2D eigenvalue weighted by Crippen LogP contribution is 2.31. The molecule has 3 aromatic rings. The Kier molecular flexibility index (Phi) is 6.35. The number of amides is 2. The van der Waals surface area contributed by atoms with E-state index in [1.54, 1.807) is 54.6 Å². The summed E-state index contributed by atoms with van der Waals surface area (Å²) in [5, 5.41) is 3.07. The molecule has 0 aliphatic carbocycles. The number of benzene rings is 3. The third kappa shape index (κ3) is 4.69. The number of imide groups is 1. The van der Waals surface area contributed by atoms with Gasteiger partial charge in [0.1, 0.15) is 22.2 Å². The summed E-state index contributed by atoms with van der Waals surface area (Å²) >= 11 is 12.1. The van der Waals surface area contributed by atoms with E-state index in [1.807, 2.05) is 0 Å². The van der Waals surface area contributed by atoms with Crippen molar-refractivity contribution >= 4 is 52.4 Å². The van der Waals surface area contributed by atoms with Gasteiger partial charge in [0.05, 0.1) is 18.4 Å². The Bertz CT molecular complexity index is 1270. The van der Waals surface area contributed by atoms with E-state index >= 15 is 0 Å². The van der Waals surface area contributed by atoms with Gasteiger partial charge in [-0.1, -0.05) is 29.3 Å². The fourth-order valence-electron chi connectivity index (χ4n) is 3.11. The Labute approximate surface area is 199 Å². The molecule has 0 saturated carbocycles. The highest BCUT2D eigenvalue weighted by atomic mass is 35.5. The Balaban J connectivity index is 1.47. The maximum absolute atomic E-state index is 12.9. The minimum Gasteiger partial charge on any atom is -0.497 e. The molecule has 3 aromatic carbocycles. The van der Waals surface area contributed by atoms with Crippen LogP contribution in [0.1, 0.15) is 10.4 Å². The number of rotatable bonds is 6. The van der Waals surface area contributed by atoms with Crippen molar-refractivity contribution in [3.63, 3.8) is 0 Å². The second kappa shape index (κ2) is 9.36. The monoisotopic (exact) mass is 482 g/mol. The zero-order valence-corrected chi connectivity index (χ0v) is 18.7. The summed E-state index contributed by atoms with van der Waals surface area (Å²) in [5.74, 6) is -0.904. The van der Waals surface area contributed by atoms with Crippen molar-refractivity contribution in [3.05, 3.63) is 94.1 Å². The second-order valence-corrected chi connectivity index (χ2v) is 7.70. The molecule has 4 rings (SSSR count). The summed E-state index contributed by atoms with van der Waals surface area (Å²) in [6, 6.07) is 19.1. The molecular formula is C24H16Cl2N2O5. The standard InChI is InChI=1S/C24H16Cl2N2O5/c1-32-18-11-9-17(10-12-18)28-22(29)20(26)21(23(28)30)27-16-7-5-14(6-8-16)24(31)33-19-4-2-3-15(25)13-19/h2-13,27H,1H3. The number of anilines is 2. The minimum absolute atomic E-state index is 0.0632. The molecule has 1 aliphatic rings. The lowest BCUT2D eigenvalue weighted by Gasteiger charge is -2.15. The van der Waals surface area contributed by atoms with Crippen LogP contribution in [-0.2, 0) is 9.59 Å². The topological polar surface area (TPSA) is 84.9 Å². The van der Waals surface area contributed by atoms with E-state index in [9.17, 15) is 14.4 Å². The van der Waals surface area contributed by atoms with Crippen molar-refractivity contribution in [2.45, 2.75) is 0 Å². The first-order chi connectivity index (χ1) is 15.9. The van der Waals surface area contributed by atoms with Crippen molar-refractivity contribution in [3.8, 4) is 11.5 Å². The van der Waals surface area contributed by atoms with Gasteiger partial charge >= 0.3 is 5.97 Å². The van der Waals surface area contributed by atoms with Crippen LogP contribution in [0.15, 0.2) is 83.5 Å². The Morgan fingerprint density at radius 2 is 1.58 bits per heavy atom. The average molecular weight is 483 g/mol. The summed E-state index contributed by atoms with van der Waals surface area (Å²) in [4.78, 5) is 38.8. The van der Waals surface area contributed by atoms with Gasteiger partial charge in [-0.15, -0.1) is 0 Å². The highest BCUT2D eigenvalue weighted by molar-refractivity contribution is 6.53. The van der Waals surface area contributed by atoms with Crippen molar-refractivity contribution in [2.24, 2.45) is 0 Å². The van der Waals surface area contributed by atoms with Crippen LogP contribution in [0, 0.1) is 0 Å². The first-order valence-corrected chi connectivity index (χ1v) is 10.4. The molecule has 0 saturated heterocycles. The SMILES string of the molecule is COc1ccc(N2C(=O)C(Cl)=C(Nc3ccc(C(=O)Oc4cccc(Cl)c4)cc3)C2=O)cc1. The number of nitrogens with one attached hydrogen (secondary N) is 1. The number of halogens is 2. The van der Waals surface area contributed by atoms with Crippen LogP contribution >= 0.6 is 23.2 Å². The maximum Gasteiger partial charge on any atom is 0.343 e. The average Bonchev–Trinajstić information content (AvgIpc) is 3.02. The number of carbonyl (C=O) groups is 3. The Hall–Kier alpha value is -3.81. The summed E-state index contributed by atoms with van der Waals surface area (Å²) in [7, 11) is 1.52. The highest BCUT2D eigenvalue weighted by Gasteiger charge is 2.39. The lowest BCUT2D eigenvalue weighted by Crippen LogP contribution is -2.32. The number of hydrogen-bond acceptors (Lipinski definition) is 6. The molecule has 0 fully saturated rings. The lowest BCUT2D eigenvalue weighted by atomic mass is 10.2. The van der Waals surface area contributed by atoms with Crippen LogP contribution in [0.25, 0.3) is 0 Å². The van der Waals surface area contributed by atoms with Gasteiger partial charge in [0.15, 0.2) is 0 Å². The zero-order chi connectivity index (χ0) is 23.5. The lowest BCUT2D eigenvalue weighted by molar-refractivity contribution is -0.120. The second-order valence-electron chi connectivity index (χ2n) is 6.88. The fraction of sp³-hybridized carbons (Fsp3) is 0.0417. The molecule has 7 nitrogen and oxygen atoms in total. The van der Waals surface area contributed by atoms with Crippen LogP contribution in [0.4, 0.5) is 11.4 Å². The third-order valence-electron chi connectivity index (χ3n) is 4.75. The Morgan fingerprint density at radius 3 is 2.21 bits per heavy atom. The Morgan fingerprint density at radius 1 is 0.879 bits per heavy atom. The van der Waals surface area contributed by atoms with Gasteiger partial charge in [0, 0.05) is 10.7 Å². The summed E-state index contributed by atoms with van der Waals surface area (Å²) in [5.41, 5.74) is 1.04. The third-order valence-corrected chi connectivity index (χ3v) is 5.34. The van der Waals surface area contributed by atoms with Gasteiger partial charge in [-0.3, -0.25) is 9.59 Å². The number of hydrogen-bond donors (Lipinski definition) is 1. The van der Waals surface area contributed by atoms with E-state index in [1.165, 1.54) is 25.3 Å². The zero-order valence-electron chi connectivity index (χ0n) is 17.2.